The van der Waals surface area contributed by atoms with Crippen molar-refractivity contribution in [2.75, 3.05) is 0 Å². The van der Waals surface area contributed by atoms with Gasteiger partial charge in [0.1, 0.15) is 24.2 Å². The highest BCUT2D eigenvalue weighted by Crippen LogP contribution is 2.22. The quantitative estimate of drug-likeness (QED) is 0.602. The van der Waals surface area contributed by atoms with Crippen LogP contribution in [0.15, 0.2) is 36.7 Å². The van der Waals surface area contributed by atoms with Crippen LogP contribution in [0.4, 0.5) is 5.69 Å². The second kappa shape index (κ2) is 4.88. The first-order valence-electron chi connectivity index (χ1n) is 4.84. The van der Waals surface area contributed by atoms with Crippen LogP contribution in [0.2, 0.25) is 0 Å². The predicted octanol–water partition coefficient (Wildman–Crippen LogP) is 2.05. The van der Waals surface area contributed by atoms with Crippen molar-refractivity contribution < 1.29 is 9.66 Å². The summed E-state index contributed by atoms with van der Waals surface area (Å²) in [5.41, 5.74) is 0.107. The molecule has 0 saturated heterocycles. The predicted molar refractivity (Wildman–Crippen MR) is 59.9 cm³/mol. The zero-order valence-electron chi connectivity index (χ0n) is 8.98. The molecular weight excluding hydrogens is 236 g/mol. The summed E-state index contributed by atoms with van der Waals surface area (Å²) in [4.78, 5) is 17.2. The lowest BCUT2D eigenvalue weighted by molar-refractivity contribution is -0.385. The molecule has 2 rings (SSSR count). The Morgan fingerprint density at radius 2 is 1.94 bits per heavy atom. The molecule has 18 heavy (non-hydrogen) atoms. The Labute approximate surface area is 101 Å². The molecule has 0 radical (unpaired) electrons. The number of nitro groups is 1. The van der Waals surface area contributed by atoms with Crippen molar-refractivity contribution in [3.63, 3.8) is 0 Å². The molecule has 0 spiro atoms. The van der Waals surface area contributed by atoms with Crippen LogP contribution >= 0.6 is 0 Å². The number of hydrogen-bond acceptors (Lipinski definition) is 6. The van der Waals surface area contributed by atoms with E-state index in [9.17, 15) is 10.1 Å². The second-order valence-electron chi connectivity index (χ2n) is 3.19. The SMILES string of the molecule is N#Cc1ccccc1Oc1ncc([N+](=O)[O-])cn1. The minimum atomic E-state index is -0.604. The molecule has 0 aliphatic heterocycles. The number of ether oxygens (including phenoxy) is 1. The lowest BCUT2D eigenvalue weighted by Crippen LogP contribution is -1.95. The summed E-state index contributed by atoms with van der Waals surface area (Å²) >= 11 is 0. The van der Waals surface area contributed by atoms with Crippen LogP contribution < -0.4 is 4.74 Å². The average Bonchev–Trinajstić information content (AvgIpc) is 2.40. The Kier molecular flexibility index (Phi) is 3.11. The van der Waals surface area contributed by atoms with Gasteiger partial charge in [0, 0.05) is 0 Å². The summed E-state index contributed by atoms with van der Waals surface area (Å²) in [6, 6.07) is 8.47. The van der Waals surface area contributed by atoms with Crippen LogP contribution in [0, 0.1) is 21.4 Å². The molecule has 0 bridgehead atoms. The topological polar surface area (TPSA) is 102 Å². The average molecular weight is 242 g/mol. The van der Waals surface area contributed by atoms with Gasteiger partial charge in [-0.05, 0) is 12.1 Å². The van der Waals surface area contributed by atoms with Gasteiger partial charge in [0.25, 0.3) is 0 Å². The summed E-state index contributed by atoms with van der Waals surface area (Å²) in [6.45, 7) is 0. The summed E-state index contributed by atoms with van der Waals surface area (Å²) < 4.78 is 5.27. The Hall–Kier alpha value is -3.01. The van der Waals surface area contributed by atoms with Gasteiger partial charge >= 0.3 is 11.7 Å². The Bertz CT molecular complexity index is 619. The van der Waals surface area contributed by atoms with E-state index in [1.165, 1.54) is 0 Å². The van der Waals surface area contributed by atoms with Gasteiger partial charge in [-0.15, -0.1) is 0 Å². The normalized spacial score (nSPS) is 9.50. The molecule has 0 fully saturated rings. The standard InChI is InChI=1S/C11H6N4O3/c12-5-8-3-1-2-4-10(8)18-11-13-6-9(7-14-11)15(16)17/h1-4,6-7H. The molecule has 7 nitrogen and oxygen atoms in total. The lowest BCUT2D eigenvalue weighted by Gasteiger charge is -2.03. The first kappa shape index (κ1) is 11.5. The van der Waals surface area contributed by atoms with Gasteiger partial charge in [-0.25, -0.2) is 0 Å². The number of rotatable bonds is 3. The van der Waals surface area contributed by atoms with Crippen LogP contribution in [0.1, 0.15) is 5.56 Å². The fourth-order valence-corrected chi connectivity index (χ4v) is 1.20. The zero-order valence-corrected chi connectivity index (χ0v) is 8.98. The van der Waals surface area contributed by atoms with Crippen LogP contribution in [-0.2, 0) is 0 Å². The van der Waals surface area contributed by atoms with Gasteiger partial charge < -0.3 is 4.74 Å². The first-order valence-corrected chi connectivity index (χ1v) is 4.84. The molecule has 1 heterocycles. The number of benzene rings is 1. The molecule has 0 N–H and O–H groups in total. The molecule has 0 saturated carbocycles. The van der Waals surface area contributed by atoms with Crippen molar-refractivity contribution in [3.8, 4) is 17.8 Å². The third-order valence-electron chi connectivity index (χ3n) is 2.03. The van der Waals surface area contributed by atoms with E-state index in [-0.39, 0.29) is 11.7 Å². The van der Waals surface area contributed by atoms with Crippen molar-refractivity contribution in [1.82, 2.24) is 9.97 Å². The van der Waals surface area contributed by atoms with E-state index in [2.05, 4.69) is 9.97 Å². The molecule has 0 aliphatic carbocycles. The number of hydrogen-bond donors (Lipinski definition) is 0. The van der Waals surface area contributed by atoms with Crippen molar-refractivity contribution >= 4 is 5.69 Å². The zero-order chi connectivity index (χ0) is 13.0. The van der Waals surface area contributed by atoms with Crippen molar-refractivity contribution in [3.05, 3.63) is 52.3 Å². The van der Waals surface area contributed by atoms with Gasteiger partial charge in [-0.3, -0.25) is 10.1 Å². The van der Waals surface area contributed by atoms with Gasteiger partial charge in [0.2, 0.25) is 0 Å². The van der Waals surface area contributed by atoms with Crippen LogP contribution in [0.3, 0.4) is 0 Å². The molecule has 0 atom stereocenters. The van der Waals surface area contributed by atoms with Crippen molar-refractivity contribution in [2.45, 2.75) is 0 Å². The number of nitriles is 1. The second-order valence-corrected chi connectivity index (χ2v) is 3.19. The van der Waals surface area contributed by atoms with E-state index >= 15 is 0 Å². The smallest absolute Gasteiger partial charge is 0.322 e. The molecule has 0 aliphatic rings. The third-order valence-corrected chi connectivity index (χ3v) is 2.03. The third kappa shape index (κ3) is 2.38. The number of para-hydroxylation sites is 1. The Balaban J connectivity index is 2.24. The number of aromatic nitrogens is 2. The Morgan fingerprint density at radius 1 is 1.28 bits per heavy atom. The maximum atomic E-state index is 10.4. The van der Waals surface area contributed by atoms with Crippen molar-refractivity contribution in [1.29, 1.82) is 5.26 Å². The molecule has 2 aromatic rings. The summed E-state index contributed by atoms with van der Waals surface area (Å²) in [5.74, 6) is 0.300. The van der Waals surface area contributed by atoms with E-state index in [1.807, 2.05) is 6.07 Å². The molecule has 1 aromatic carbocycles. The lowest BCUT2D eigenvalue weighted by atomic mass is 10.2. The van der Waals surface area contributed by atoms with E-state index in [0.717, 1.165) is 12.4 Å². The van der Waals surface area contributed by atoms with Crippen LogP contribution in [0.25, 0.3) is 0 Å². The fourth-order valence-electron chi connectivity index (χ4n) is 1.20. The highest BCUT2D eigenvalue weighted by atomic mass is 16.6. The molecule has 7 heteroatoms. The highest BCUT2D eigenvalue weighted by molar-refractivity contribution is 5.43. The minimum Gasteiger partial charge on any atom is -0.423 e. The number of nitrogens with zero attached hydrogens (tertiary/aromatic N) is 4. The Morgan fingerprint density at radius 3 is 2.56 bits per heavy atom. The largest absolute Gasteiger partial charge is 0.423 e. The summed E-state index contributed by atoms with van der Waals surface area (Å²) in [5, 5.41) is 19.3. The minimum absolute atomic E-state index is 0.0525. The molecule has 1 aromatic heterocycles. The van der Waals surface area contributed by atoms with E-state index < -0.39 is 4.92 Å². The highest BCUT2D eigenvalue weighted by Gasteiger charge is 2.09. The van der Waals surface area contributed by atoms with Crippen molar-refractivity contribution in [2.24, 2.45) is 0 Å². The van der Waals surface area contributed by atoms with Gasteiger partial charge in [0.05, 0.1) is 10.5 Å². The maximum Gasteiger partial charge on any atom is 0.322 e. The van der Waals surface area contributed by atoms with Gasteiger partial charge in [0.15, 0.2) is 0 Å². The maximum absolute atomic E-state index is 10.4. The van der Waals surface area contributed by atoms with Gasteiger partial charge in [-0.2, -0.15) is 15.2 Å². The molecule has 88 valence electrons. The van der Waals surface area contributed by atoms with Crippen LogP contribution in [-0.4, -0.2) is 14.9 Å². The van der Waals surface area contributed by atoms with E-state index in [1.54, 1.807) is 24.3 Å². The molecule has 0 amide bonds. The van der Waals surface area contributed by atoms with E-state index in [4.69, 9.17) is 10.00 Å². The summed E-state index contributed by atoms with van der Waals surface area (Å²) in [6.07, 6.45) is 2.08. The molecular formula is C11H6N4O3. The van der Waals surface area contributed by atoms with E-state index in [0.29, 0.717) is 11.3 Å². The fraction of sp³-hybridized carbons (Fsp3) is 0. The first-order chi connectivity index (χ1) is 8.70. The monoisotopic (exact) mass is 242 g/mol. The van der Waals surface area contributed by atoms with Gasteiger partial charge in [-0.1, -0.05) is 12.1 Å². The summed E-state index contributed by atoms with van der Waals surface area (Å²) in [7, 11) is 0. The molecule has 0 unspecified atom stereocenters. The van der Waals surface area contributed by atoms with Crippen LogP contribution in [0.5, 0.6) is 11.8 Å².